The highest BCUT2D eigenvalue weighted by atomic mass is 16.5. The molecule has 0 aliphatic rings. The molecule has 0 aliphatic carbocycles. The summed E-state index contributed by atoms with van der Waals surface area (Å²) in [6, 6.07) is 15.7. The summed E-state index contributed by atoms with van der Waals surface area (Å²) in [5.74, 6) is 0.823. The second kappa shape index (κ2) is 8.34. The summed E-state index contributed by atoms with van der Waals surface area (Å²) in [6.45, 7) is 4.57. The monoisotopic (exact) mass is 349 g/mol. The van der Waals surface area contributed by atoms with Crippen LogP contribution in [0.2, 0.25) is 0 Å². The molecule has 5 heteroatoms. The zero-order valence-electron chi connectivity index (χ0n) is 15.1. The van der Waals surface area contributed by atoms with Gasteiger partial charge < -0.3 is 14.6 Å². The van der Waals surface area contributed by atoms with Gasteiger partial charge in [-0.25, -0.2) is 4.98 Å². The highest BCUT2D eigenvalue weighted by Gasteiger charge is 2.10. The summed E-state index contributed by atoms with van der Waals surface area (Å²) < 4.78 is 7.36. The van der Waals surface area contributed by atoms with Crippen molar-refractivity contribution in [3.8, 4) is 11.4 Å². The van der Waals surface area contributed by atoms with Gasteiger partial charge in [0, 0.05) is 18.1 Å². The molecule has 0 spiro atoms. The van der Waals surface area contributed by atoms with Crippen LogP contribution < -0.4 is 10.1 Å². The fourth-order valence-corrected chi connectivity index (χ4v) is 2.78. The average Bonchev–Trinajstić information content (AvgIpc) is 3.18. The molecule has 1 unspecified atom stereocenters. The molecule has 0 saturated heterocycles. The molecule has 1 atom stereocenters. The third kappa shape index (κ3) is 4.51. The van der Waals surface area contributed by atoms with E-state index in [1.54, 1.807) is 12.5 Å². The number of nitrogens with zero attached hydrogens (tertiary/aromatic N) is 2. The number of imidazole rings is 1. The first-order valence-electron chi connectivity index (χ1n) is 8.75. The second-order valence-corrected chi connectivity index (χ2v) is 6.10. The van der Waals surface area contributed by atoms with Crippen LogP contribution in [0.15, 0.2) is 67.3 Å². The van der Waals surface area contributed by atoms with Crippen molar-refractivity contribution in [1.82, 2.24) is 14.9 Å². The Balaban J connectivity index is 1.56. The van der Waals surface area contributed by atoms with Crippen molar-refractivity contribution in [1.29, 1.82) is 0 Å². The Kier molecular flexibility index (Phi) is 5.69. The number of aromatic nitrogens is 2. The molecule has 0 radical (unpaired) electrons. The van der Waals surface area contributed by atoms with Gasteiger partial charge in [-0.15, -0.1) is 0 Å². The SMILES string of the molecule is CCOc1ccc(CC(=O)NC(C)c2ccc(-n3ccnc3)cc2)cc1. The normalized spacial score (nSPS) is 11.8. The van der Waals surface area contributed by atoms with Crippen LogP contribution in [0.25, 0.3) is 5.69 Å². The van der Waals surface area contributed by atoms with Gasteiger partial charge >= 0.3 is 0 Å². The van der Waals surface area contributed by atoms with Gasteiger partial charge in [0.25, 0.3) is 0 Å². The predicted octanol–water partition coefficient (Wildman–Crippen LogP) is 3.69. The van der Waals surface area contributed by atoms with Crippen molar-refractivity contribution < 1.29 is 9.53 Å². The standard InChI is InChI=1S/C21H23N3O2/c1-3-26-20-10-4-17(5-11-20)14-21(25)23-16(2)18-6-8-19(9-7-18)24-13-12-22-15-24/h4-13,15-16H,3,14H2,1-2H3,(H,23,25). The van der Waals surface area contributed by atoms with E-state index < -0.39 is 0 Å². The van der Waals surface area contributed by atoms with E-state index in [1.165, 1.54) is 0 Å². The molecule has 26 heavy (non-hydrogen) atoms. The maximum absolute atomic E-state index is 12.3. The minimum Gasteiger partial charge on any atom is -0.494 e. The van der Waals surface area contributed by atoms with Crippen LogP contribution >= 0.6 is 0 Å². The minimum absolute atomic E-state index is 0.000320. The average molecular weight is 349 g/mol. The number of rotatable bonds is 7. The lowest BCUT2D eigenvalue weighted by molar-refractivity contribution is -0.121. The lowest BCUT2D eigenvalue weighted by Crippen LogP contribution is -2.28. The molecular weight excluding hydrogens is 326 g/mol. The van der Waals surface area contributed by atoms with Gasteiger partial charge in [0.1, 0.15) is 5.75 Å². The molecule has 1 heterocycles. The van der Waals surface area contributed by atoms with Gasteiger partial charge in [0.15, 0.2) is 0 Å². The van der Waals surface area contributed by atoms with E-state index in [4.69, 9.17) is 4.74 Å². The van der Waals surface area contributed by atoms with Crippen molar-refractivity contribution in [2.75, 3.05) is 6.61 Å². The lowest BCUT2D eigenvalue weighted by atomic mass is 10.1. The molecule has 3 aromatic rings. The molecule has 1 aromatic heterocycles. The number of carbonyl (C=O) groups is 1. The molecule has 0 saturated carbocycles. The van der Waals surface area contributed by atoms with Crippen LogP contribution in [0.1, 0.15) is 31.0 Å². The quantitative estimate of drug-likeness (QED) is 0.708. The molecule has 0 bridgehead atoms. The van der Waals surface area contributed by atoms with E-state index in [1.807, 2.05) is 73.1 Å². The highest BCUT2D eigenvalue weighted by molar-refractivity contribution is 5.79. The fraction of sp³-hybridized carbons (Fsp3) is 0.238. The maximum Gasteiger partial charge on any atom is 0.224 e. The molecule has 0 aliphatic heterocycles. The van der Waals surface area contributed by atoms with Crippen LogP contribution in [-0.4, -0.2) is 22.1 Å². The smallest absolute Gasteiger partial charge is 0.224 e. The molecule has 0 fully saturated rings. The zero-order valence-corrected chi connectivity index (χ0v) is 15.1. The van der Waals surface area contributed by atoms with Crippen molar-refractivity contribution in [2.45, 2.75) is 26.3 Å². The van der Waals surface area contributed by atoms with E-state index in [0.29, 0.717) is 13.0 Å². The van der Waals surface area contributed by atoms with Crippen molar-refractivity contribution in [2.24, 2.45) is 0 Å². The Morgan fingerprint density at radius 2 is 1.88 bits per heavy atom. The van der Waals surface area contributed by atoms with Gasteiger partial charge in [-0.2, -0.15) is 0 Å². The molecule has 1 N–H and O–H groups in total. The first kappa shape index (κ1) is 17.7. The van der Waals surface area contributed by atoms with Crippen molar-refractivity contribution in [3.05, 3.63) is 78.4 Å². The summed E-state index contributed by atoms with van der Waals surface area (Å²) in [4.78, 5) is 16.4. The van der Waals surface area contributed by atoms with Gasteiger partial charge in [0.05, 0.1) is 25.4 Å². The Morgan fingerprint density at radius 1 is 1.15 bits per heavy atom. The molecule has 3 rings (SSSR count). The van der Waals surface area contributed by atoms with Gasteiger partial charge in [-0.3, -0.25) is 4.79 Å². The molecule has 2 aromatic carbocycles. The molecular formula is C21H23N3O2. The van der Waals surface area contributed by atoms with Crippen LogP contribution in [0.5, 0.6) is 5.75 Å². The summed E-state index contributed by atoms with van der Waals surface area (Å²) in [6.07, 6.45) is 5.76. The van der Waals surface area contributed by atoms with E-state index >= 15 is 0 Å². The van der Waals surface area contributed by atoms with E-state index in [-0.39, 0.29) is 11.9 Å². The third-order valence-electron chi connectivity index (χ3n) is 4.17. The maximum atomic E-state index is 12.3. The number of hydrogen-bond donors (Lipinski definition) is 1. The Morgan fingerprint density at radius 3 is 2.50 bits per heavy atom. The van der Waals surface area contributed by atoms with Crippen LogP contribution in [0.3, 0.4) is 0 Å². The molecule has 1 amide bonds. The summed E-state index contributed by atoms with van der Waals surface area (Å²) in [5, 5.41) is 3.05. The summed E-state index contributed by atoms with van der Waals surface area (Å²) >= 11 is 0. The van der Waals surface area contributed by atoms with E-state index in [9.17, 15) is 4.79 Å². The number of hydrogen-bond acceptors (Lipinski definition) is 3. The van der Waals surface area contributed by atoms with Gasteiger partial charge in [0.2, 0.25) is 5.91 Å². The largest absolute Gasteiger partial charge is 0.494 e. The predicted molar refractivity (Wildman–Crippen MR) is 101 cm³/mol. The topological polar surface area (TPSA) is 56.1 Å². The summed E-state index contributed by atoms with van der Waals surface area (Å²) in [7, 11) is 0. The van der Waals surface area contributed by atoms with Gasteiger partial charge in [-0.1, -0.05) is 24.3 Å². The first-order valence-corrected chi connectivity index (χ1v) is 8.75. The van der Waals surface area contributed by atoms with Gasteiger partial charge in [-0.05, 0) is 49.2 Å². The number of benzene rings is 2. The Hall–Kier alpha value is -3.08. The number of nitrogens with one attached hydrogen (secondary N) is 1. The van der Waals surface area contributed by atoms with Crippen molar-refractivity contribution in [3.63, 3.8) is 0 Å². The number of amides is 1. The zero-order chi connectivity index (χ0) is 18.4. The third-order valence-corrected chi connectivity index (χ3v) is 4.17. The fourth-order valence-electron chi connectivity index (χ4n) is 2.78. The summed E-state index contributed by atoms with van der Waals surface area (Å²) in [5.41, 5.74) is 3.07. The molecule has 5 nitrogen and oxygen atoms in total. The number of ether oxygens (including phenoxy) is 1. The van der Waals surface area contributed by atoms with Crippen LogP contribution in [-0.2, 0) is 11.2 Å². The highest BCUT2D eigenvalue weighted by Crippen LogP contribution is 2.17. The number of carbonyl (C=O) groups excluding carboxylic acids is 1. The van der Waals surface area contributed by atoms with Crippen LogP contribution in [0.4, 0.5) is 0 Å². The van der Waals surface area contributed by atoms with Crippen molar-refractivity contribution >= 4 is 5.91 Å². The van der Waals surface area contributed by atoms with E-state index in [0.717, 1.165) is 22.6 Å². The Labute approximate surface area is 153 Å². The second-order valence-electron chi connectivity index (χ2n) is 6.10. The minimum atomic E-state index is -0.0537. The lowest BCUT2D eigenvalue weighted by Gasteiger charge is -2.15. The van der Waals surface area contributed by atoms with Crippen LogP contribution in [0, 0.1) is 0 Å². The first-order chi connectivity index (χ1) is 12.7. The van der Waals surface area contributed by atoms with E-state index in [2.05, 4.69) is 10.3 Å². The molecule has 134 valence electrons. The Bertz CT molecular complexity index is 825.